The average molecular weight is 669 g/mol. The molecule has 1 aliphatic heterocycles. The predicted molar refractivity (Wildman–Crippen MR) is 196 cm³/mol. The number of fused-ring (bicyclic) bond motifs is 4. The fourth-order valence-electron chi connectivity index (χ4n) is 5.84. The first-order valence-electron chi connectivity index (χ1n) is 16.7. The van der Waals surface area contributed by atoms with E-state index in [-0.39, 0.29) is 6.04 Å². The molecule has 12 heteroatoms. The van der Waals surface area contributed by atoms with Crippen molar-refractivity contribution in [2.45, 2.75) is 58.3 Å². The van der Waals surface area contributed by atoms with E-state index < -0.39 is 12.2 Å². The Bertz CT molecular complexity index is 1870. The molecule has 0 fully saturated rings. The maximum absolute atomic E-state index is 11.1. The molecular formula is C37H48N8O4. The zero-order chi connectivity index (χ0) is 34.8. The number of aryl methyl sites for hydroxylation is 2. The van der Waals surface area contributed by atoms with Crippen LogP contribution in [0, 0.1) is 13.8 Å². The Labute approximate surface area is 287 Å². The van der Waals surface area contributed by atoms with Crippen LogP contribution in [0.2, 0.25) is 0 Å². The number of nitrogens with one attached hydrogen (secondary N) is 3. The van der Waals surface area contributed by atoms with Crippen LogP contribution in [-0.4, -0.2) is 71.7 Å². The molecule has 6 N–H and O–H groups in total. The van der Waals surface area contributed by atoms with Crippen molar-refractivity contribution in [1.29, 1.82) is 0 Å². The van der Waals surface area contributed by atoms with Crippen LogP contribution in [-0.2, 0) is 9.47 Å². The van der Waals surface area contributed by atoms with E-state index in [9.17, 15) is 5.11 Å². The molecule has 3 aromatic heterocycles. The Hall–Kier alpha value is -4.91. The molecule has 0 amide bonds. The van der Waals surface area contributed by atoms with Crippen LogP contribution in [0.25, 0.3) is 16.6 Å². The summed E-state index contributed by atoms with van der Waals surface area (Å²) in [7, 11) is 3.29. The molecule has 4 heterocycles. The molecule has 0 saturated heterocycles. The van der Waals surface area contributed by atoms with E-state index in [0.29, 0.717) is 19.2 Å². The second-order valence-electron chi connectivity index (χ2n) is 11.9. The van der Waals surface area contributed by atoms with E-state index in [1.807, 2.05) is 73.9 Å². The number of pyridine rings is 1. The minimum Gasteiger partial charge on any atom is -0.497 e. The minimum atomic E-state index is -0.726. The third-order valence-electron chi connectivity index (χ3n) is 8.65. The molecule has 6 rings (SSSR count). The van der Waals surface area contributed by atoms with E-state index in [4.69, 9.17) is 24.9 Å². The molecule has 2 aromatic carbocycles. The lowest BCUT2D eigenvalue weighted by Gasteiger charge is -2.38. The van der Waals surface area contributed by atoms with Gasteiger partial charge in [0, 0.05) is 53.8 Å². The molecule has 1 aliphatic rings. The van der Waals surface area contributed by atoms with E-state index in [1.165, 1.54) is 6.42 Å². The monoisotopic (exact) mass is 668 g/mol. The summed E-state index contributed by atoms with van der Waals surface area (Å²) >= 11 is 0. The van der Waals surface area contributed by atoms with E-state index in [1.54, 1.807) is 20.4 Å². The number of anilines is 1. The number of hydrogen-bond acceptors (Lipinski definition) is 8. The fraction of sp³-hybridized carbons (Fsp3) is 0.378. The van der Waals surface area contributed by atoms with Crippen molar-refractivity contribution in [3.8, 4) is 5.75 Å². The van der Waals surface area contributed by atoms with Crippen molar-refractivity contribution in [3.63, 3.8) is 0 Å². The number of aliphatic hydroxyl groups excluding tert-OH is 1. The third-order valence-corrected chi connectivity index (χ3v) is 8.65. The standard InChI is InChI=1S/C21H25N3O3.C16H23N5O/c1-13-14(2)24-10-9-16-18(21(24)22-13)23-17(15-7-5-4-6-8-15)19(25)20(16)27-12-11-26-3;1-3-4-5-8-18-16(17)21-20-11-12-10-19-15-7-6-13(22-2)9-14(12)15/h4-10,17,19-20,23,25H,11-12H2,1-3H3;6-7,9-11,19H,3-5,8H2,1-2H3,(H3,17,18,21)/b;20-11+/t17-,19-,20-;/m1./s1. The molecule has 12 nitrogen and oxygen atoms in total. The SMILES string of the molecule is CCCCCN=C(N)N/N=C/c1c[nH]c2ccc(OC)cc12.COCCO[C@@H]1c2ccn3c(C)c(C)nc3c2N[C@H](c2ccccc2)[C@H]1O. The number of aliphatic imine (C=N–C) groups is 1. The number of aliphatic hydroxyl groups is 1. The number of unbranched alkanes of at least 4 members (excludes halogenated alkanes) is 2. The number of aromatic amines is 1. The highest BCUT2D eigenvalue weighted by Crippen LogP contribution is 2.43. The number of rotatable bonds is 12. The zero-order valence-corrected chi connectivity index (χ0v) is 28.9. The molecule has 0 radical (unpaired) electrons. The lowest BCUT2D eigenvalue weighted by molar-refractivity contribution is -0.0633. The quantitative estimate of drug-likeness (QED) is 0.0485. The van der Waals surface area contributed by atoms with E-state index in [0.717, 1.165) is 75.5 Å². The number of methoxy groups -OCH3 is 2. The van der Waals surface area contributed by atoms with Gasteiger partial charge in [0.1, 0.15) is 18.0 Å². The van der Waals surface area contributed by atoms with E-state index >= 15 is 0 Å². The van der Waals surface area contributed by atoms with Crippen molar-refractivity contribution < 1.29 is 19.3 Å². The minimum absolute atomic E-state index is 0.283. The second-order valence-corrected chi connectivity index (χ2v) is 11.9. The molecule has 0 aliphatic carbocycles. The largest absolute Gasteiger partial charge is 0.497 e. The number of benzene rings is 2. The number of ether oxygens (including phenoxy) is 3. The highest BCUT2D eigenvalue weighted by molar-refractivity contribution is 5.99. The Kier molecular flexibility index (Phi) is 12.3. The molecule has 0 saturated carbocycles. The van der Waals surface area contributed by atoms with Crippen molar-refractivity contribution in [2.24, 2.45) is 15.8 Å². The molecule has 260 valence electrons. The maximum Gasteiger partial charge on any atom is 0.209 e. The Morgan fingerprint density at radius 3 is 2.67 bits per heavy atom. The predicted octanol–water partition coefficient (Wildman–Crippen LogP) is 5.79. The molecule has 0 spiro atoms. The van der Waals surface area contributed by atoms with Gasteiger partial charge in [0.15, 0.2) is 5.65 Å². The van der Waals surface area contributed by atoms with Crippen LogP contribution < -0.4 is 21.2 Å². The number of nitrogens with two attached hydrogens (primary N) is 1. The normalized spacial score (nSPS) is 17.5. The highest BCUT2D eigenvalue weighted by atomic mass is 16.5. The summed E-state index contributed by atoms with van der Waals surface area (Å²) in [4.78, 5) is 12.2. The second kappa shape index (κ2) is 17.0. The molecule has 0 bridgehead atoms. The third kappa shape index (κ3) is 8.40. The van der Waals surface area contributed by atoms with Crippen LogP contribution in [0.5, 0.6) is 5.75 Å². The van der Waals surface area contributed by atoms with Gasteiger partial charge in [-0.1, -0.05) is 50.1 Å². The number of hydrazone groups is 1. The van der Waals surface area contributed by atoms with Crippen LogP contribution in [0.3, 0.4) is 0 Å². The van der Waals surface area contributed by atoms with Gasteiger partial charge in [-0.2, -0.15) is 5.10 Å². The van der Waals surface area contributed by atoms with Crippen molar-refractivity contribution >= 4 is 34.4 Å². The summed E-state index contributed by atoms with van der Waals surface area (Å²) in [6.07, 6.45) is 7.80. The summed E-state index contributed by atoms with van der Waals surface area (Å²) in [5.74, 6) is 1.15. The number of hydrogen-bond donors (Lipinski definition) is 5. The first kappa shape index (κ1) is 35.4. The van der Waals surface area contributed by atoms with Crippen LogP contribution >= 0.6 is 0 Å². The Morgan fingerprint density at radius 1 is 1.10 bits per heavy atom. The van der Waals surface area contributed by atoms with Gasteiger partial charge in [-0.05, 0) is 50.1 Å². The fourth-order valence-corrected chi connectivity index (χ4v) is 5.84. The first-order valence-corrected chi connectivity index (χ1v) is 16.7. The molecule has 0 unspecified atom stereocenters. The van der Waals surface area contributed by atoms with Crippen LogP contribution in [0.4, 0.5) is 5.69 Å². The zero-order valence-electron chi connectivity index (χ0n) is 28.9. The Morgan fingerprint density at radius 2 is 1.92 bits per heavy atom. The van der Waals surface area contributed by atoms with Crippen molar-refractivity contribution in [3.05, 3.63) is 95.1 Å². The lowest BCUT2D eigenvalue weighted by atomic mass is 9.89. The molecular weight excluding hydrogens is 620 g/mol. The van der Waals surface area contributed by atoms with Crippen LogP contribution in [0.15, 0.2) is 77.1 Å². The van der Waals surface area contributed by atoms with Crippen molar-refractivity contribution in [1.82, 2.24) is 19.8 Å². The van der Waals surface area contributed by atoms with Gasteiger partial charge in [-0.3, -0.25) is 4.99 Å². The molecule has 49 heavy (non-hydrogen) atoms. The van der Waals surface area contributed by atoms with Crippen LogP contribution in [0.1, 0.15) is 66.4 Å². The number of guanidine groups is 1. The topological polar surface area (TPSA) is 156 Å². The van der Waals surface area contributed by atoms with Gasteiger partial charge in [0.05, 0.1) is 44.0 Å². The maximum atomic E-state index is 11.1. The Balaban J connectivity index is 0.000000196. The number of aromatic nitrogens is 3. The van der Waals surface area contributed by atoms with Gasteiger partial charge >= 0.3 is 0 Å². The number of nitrogens with zero attached hydrogens (tertiary/aromatic N) is 4. The van der Waals surface area contributed by atoms with Gasteiger partial charge in [0.25, 0.3) is 0 Å². The summed E-state index contributed by atoms with van der Waals surface area (Å²) in [6, 6.07) is 17.5. The lowest BCUT2D eigenvalue weighted by Crippen LogP contribution is -2.38. The van der Waals surface area contributed by atoms with E-state index in [2.05, 4.69) is 44.1 Å². The van der Waals surface area contributed by atoms with Gasteiger partial charge in [-0.15, -0.1) is 0 Å². The van der Waals surface area contributed by atoms with Gasteiger partial charge < -0.3 is 39.8 Å². The smallest absolute Gasteiger partial charge is 0.209 e. The molecule has 3 atom stereocenters. The first-order chi connectivity index (χ1) is 23.9. The van der Waals surface area contributed by atoms with Gasteiger partial charge in [-0.25, -0.2) is 10.4 Å². The summed E-state index contributed by atoms with van der Waals surface area (Å²) in [5.41, 5.74) is 16.3. The number of H-pyrrole nitrogens is 1. The summed E-state index contributed by atoms with van der Waals surface area (Å²) in [5, 5.41) is 19.8. The van der Waals surface area contributed by atoms with Gasteiger partial charge in [0.2, 0.25) is 5.96 Å². The average Bonchev–Trinajstić information content (AvgIpc) is 3.66. The van der Waals surface area contributed by atoms with Crippen molar-refractivity contribution in [2.75, 3.05) is 39.3 Å². The summed E-state index contributed by atoms with van der Waals surface area (Å²) < 4.78 is 18.5. The number of imidazole rings is 1. The summed E-state index contributed by atoms with van der Waals surface area (Å²) in [6.45, 7) is 7.84. The highest BCUT2D eigenvalue weighted by Gasteiger charge is 2.38. The molecule has 5 aromatic rings.